The number of fused-ring (bicyclic) bond motifs is 1. The molecule has 0 spiro atoms. The fourth-order valence-electron chi connectivity index (χ4n) is 23.6. The molecule has 12 atom stereocenters. The summed E-state index contributed by atoms with van der Waals surface area (Å²) < 4.78 is 23.0. The lowest BCUT2D eigenvalue weighted by Gasteiger charge is -2.69. The van der Waals surface area contributed by atoms with Crippen molar-refractivity contribution in [2.45, 2.75) is 164 Å². The molecule has 0 N–H and O–H groups in total. The lowest BCUT2D eigenvalue weighted by atomic mass is 9.35. The second kappa shape index (κ2) is 23.4. The number of hydrogen-bond acceptors (Lipinski definition) is 12. The van der Waals surface area contributed by atoms with Crippen LogP contribution in [0.3, 0.4) is 0 Å². The zero-order valence-electron chi connectivity index (χ0n) is 51.7. The van der Waals surface area contributed by atoms with Crippen LogP contribution in [0.4, 0.5) is 0 Å². The van der Waals surface area contributed by atoms with Crippen molar-refractivity contribution in [1.29, 1.82) is 0 Å². The van der Waals surface area contributed by atoms with Crippen LogP contribution in [-0.2, 0) is 45.1 Å². The average molecular weight is 1280 g/mol. The number of morpholine rings is 4. The van der Waals surface area contributed by atoms with Gasteiger partial charge in [-0.2, -0.15) is 0 Å². The highest BCUT2D eigenvalue weighted by atomic mass is 35.6. The van der Waals surface area contributed by atoms with Gasteiger partial charge in [-0.05, 0) is 69.6 Å². The largest absolute Gasteiger partial charge is 0.379 e. The first-order valence-corrected chi connectivity index (χ1v) is 34.9. The summed E-state index contributed by atoms with van der Waals surface area (Å²) in [5.41, 5.74) is 6.89. The summed E-state index contributed by atoms with van der Waals surface area (Å²) in [5, 5.41) is 0. The predicted molar refractivity (Wildman–Crippen MR) is 340 cm³/mol. The van der Waals surface area contributed by atoms with E-state index < -0.39 is 8.59 Å². The highest BCUT2D eigenvalue weighted by molar-refractivity contribution is 6.63. The van der Waals surface area contributed by atoms with E-state index in [2.05, 4.69) is 143 Å². The number of nitrogens with zero attached hydrogens (tertiary/aromatic N) is 8. The second-order valence-corrected chi connectivity index (χ2v) is 34.2. The Balaban J connectivity index is 0.000000777. The van der Waals surface area contributed by atoms with Gasteiger partial charge in [0.1, 0.15) is 0 Å². The summed E-state index contributed by atoms with van der Waals surface area (Å²) in [6.07, 6.45) is 4.97. The number of ether oxygens (including phenoxy) is 4. The summed E-state index contributed by atoms with van der Waals surface area (Å²) in [6.45, 7) is 46.2. The van der Waals surface area contributed by atoms with E-state index >= 15 is 0 Å². The highest BCUT2D eigenvalue weighted by Crippen LogP contribution is 2.83. The maximum absolute atomic E-state index is 6.14. The minimum absolute atomic E-state index is 0.0810. The first kappa shape index (κ1) is 62.5. The number of hydrogen-bond donors (Lipinski definition) is 0. The lowest BCUT2D eigenvalue weighted by molar-refractivity contribution is -0.201. The summed E-state index contributed by atoms with van der Waals surface area (Å²) in [5.74, 6) is 0. The van der Waals surface area contributed by atoms with Gasteiger partial charge in [0, 0.05) is 175 Å². The first-order chi connectivity index (χ1) is 40.1. The molecule has 0 amide bonds. The van der Waals surface area contributed by atoms with Gasteiger partial charge in [-0.25, -0.2) is 0 Å². The molecule has 0 aromatic heterocycles. The highest BCUT2D eigenvalue weighted by Gasteiger charge is 2.88. The van der Waals surface area contributed by atoms with Gasteiger partial charge < -0.3 is 18.9 Å². The number of halogens is 6. The predicted octanol–water partition coefficient (Wildman–Crippen LogP) is 10.6. The molecule has 2 aromatic rings. The second-order valence-electron chi connectivity index (χ2n) is 30.2. The van der Waals surface area contributed by atoms with E-state index in [0.717, 1.165) is 131 Å². The third kappa shape index (κ3) is 9.42. The third-order valence-electron chi connectivity index (χ3n) is 26.5. The van der Waals surface area contributed by atoms with Gasteiger partial charge in [0.2, 0.25) is 0 Å². The van der Waals surface area contributed by atoms with Crippen LogP contribution < -0.4 is 0 Å². The van der Waals surface area contributed by atoms with Crippen molar-refractivity contribution in [2.75, 3.05) is 131 Å². The van der Waals surface area contributed by atoms with E-state index in [-0.39, 0.29) is 43.3 Å². The molecule has 8 saturated heterocycles. The maximum Gasteiger partial charge on any atom is 0.180 e. The van der Waals surface area contributed by atoms with Gasteiger partial charge in [-0.1, -0.05) is 174 Å². The lowest BCUT2D eigenvalue weighted by Crippen LogP contribution is -2.75. The van der Waals surface area contributed by atoms with E-state index in [9.17, 15) is 0 Å². The molecule has 18 heteroatoms. The van der Waals surface area contributed by atoms with Crippen LogP contribution in [0.25, 0.3) is 0 Å². The van der Waals surface area contributed by atoms with Crippen LogP contribution in [0.2, 0.25) is 0 Å². The van der Waals surface area contributed by atoms with Crippen molar-refractivity contribution in [3.8, 4) is 0 Å². The Hall–Kier alpha value is -0.300. The fraction of sp³-hybridized carbons (Fsp3) is 0.818. The van der Waals surface area contributed by atoms with Gasteiger partial charge in [-0.3, -0.25) is 39.2 Å². The molecule has 16 rings (SSSR count). The molecule has 10 aliphatic heterocycles. The summed E-state index contributed by atoms with van der Waals surface area (Å²) in [4.78, 5) is 24.3. The molecule has 10 heterocycles. The number of benzene rings is 2. The van der Waals surface area contributed by atoms with Crippen molar-refractivity contribution in [3.05, 3.63) is 70.8 Å². The third-order valence-corrected chi connectivity index (χ3v) is 26.5. The van der Waals surface area contributed by atoms with Crippen LogP contribution in [0.15, 0.2) is 48.5 Å². The molecule has 17 bridgehead atoms. The van der Waals surface area contributed by atoms with E-state index in [4.69, 9.17) is 88.6 Å². The minimum Gasteiger partial charge on any atom is -0.379 e. The molecule has 2 aromatic carbocycles. The Labute approximate surface area is 533 Å². The molecule has 0 unspecified atom stereocenters. The van der Waals surface area contributed by atoms with E-state index in [1.54, 1.807) is 0 Å². The molecular formula is C66H98Cl6N8O4. The summed E-state index contributed by atoms with van der Waals surface area (Å²) in [6, 6.07) is 24.4. The molecule has 0 radical (unpaired) electrons. The van der Waals surface area contributed by atoms with Crippen molar-refractivity contribution >= 4 is 69.6 Å². The van der Waals surface area contributed by atoms with Gasteiger partial charge in [-0.15, -0.1) is 0 Å². The van der Waals surface area contributed by atoms with Gasteiger partial charge >= 0.3 is 0 Å². The van der Waals surface area contributed by atoms with E-state index in [1.165, 1.54) is 74.1 Å². The zero-order valence-corrected chi connectivity index (χ0v) is 56.2. The maximum atomic E-state index is 6.14. The van der Waals surface area contributed by atoms with Crippen LogP contribution >= 0.6 is 69.6 Å². The van der Waals surface area contributed by atoms with Crippen LogP contribution in [-0.4, -0.2) is 228 Å². The van der Waals surface area contributed by atoms with E-state index in [0.29, 0.717) is 48.3 Å². The molecule has 14 aliphatic rings. The smallest absolute Gasteiger partial charge is 0.180 e. The average Bonchev–Trinajstić information content (AvgIpc) is 1.45. The standard InChI is InChI=1S/C64H96N8O4.2CHCl3/c1-57(2)49-33-54-62(42-66-17-25-74-26-18-66)58(3,4)50-34-53(61(57,62)41-65-15-23-73-24-16-65)69(49)37-45-11-9-12-46(31-45)39-71-51-35-56-64(44-68-21-29-76-30-22-68)60(7,8)52(72(56)40-48-14-10-13-47(32-48)38-70(50)54)36-55(71)63(64,59(51,5)6)43-67-19-27-75-28-20-67;2*2-1(3)4/h9-14,31-32,49-56H,15-30,33-44H2,1-8H3;2*1H/t49-,50-,51-,52-,53+,54+,55+,56+,61-,62-,63-,64-;;/m0../s1. The quantitative estimate of drug-likeness (QED) is 0.237. The van der Waals surface area contributed by atoms with Crippen molar-refractivity contribution in [1.82, 2.24) is 39.2 Å². The van der Waals surface area contributed by atoms with Crippen molar-refractivity contribution in [3.63, 3.8) is 0 Å². The van der Waals surface area contributed by atoms with Crippen LogP contribution in [0, 0.1) is 43.3 Å². The fourth-order valence-corrected chi connectivity index (χ4v) is 23.6. The van der Waals surface area contributed by atoms with Gasteiger partial charge in [0.15, 0.2) is 8.59 Å². The summed E-state index contributed by atoms with van der Waals surface area (Å²) in [7, 11) is 0. The van der Waals surface area contributed by atoms with Crippen LogP contribution in [0.5, 0.6) is 0 Å². The van der Waals surface area contributed by atoms with Crippen LogP contribution in [0.1, 0.15) is 103 Å². The molecule has 468 valence electrons. The molecule has 12 fully saturated rings. The SMILES string of the molecule is CC1(C)[C@@H]2C[C@H]3N4Cc5cccc(c5)CN5[C@H]6C[C@H]7N(Cc8cccc(c8)CN2[C@@H]2C[C@H]4C(C)(C)[C@@]3(CN3CCOCC3)[C@@]21CN1CCOCC1)[C@H]1C[C@@H]5[C@@](CN2CCOCC2)(C6(C)C)[C@]7(CN2CCOCC2)C1(C)C.ClC(Cl)Cl.ClC(Cl)Cl. The van der Waals surface area contributed by atoms with Crippen molar-refractivity contribution < 1.29 is 18.9 Å². The number of rotatable bonds is 8. The topological polar surface area (TPSA) is 62.8 Å². The van der Waals surface area contributed by atoms with Crippen molar-refractivity contribution in [2.24, 2.45) is 43.3 Å². The van der Waals surface area contributed by atoms with E-state index in [1.807, 2.05) is 0 Å². The molecule has 12 nitrogen and oxygen atoms in total. The Morgan fingerprint density at radius 3 is 0.726 bits per heavy atom. The Kier molecular flexibility index (Phi) is 17.4. The monoisotopic (exact) mass is 1280 g/mol. The Bertz CT molecular complexity index is 2320. The Morgan fingerprint density at radius 2 is 0.536 bits per heavy atom. The zero-order chi connectivity index (χ0) is 59.0. The molecule has 4 saturated carbocycles. The first-order valence-electron chi connectivity index (χ1n) is 32.3. The molecule has 84 heavy (non-hydrogen) atoms. The van der Waals surface area contributed by atoms with Gasteiger partial charge in [0.25, 0.3) is 0 Å². The molecule has 4 aliphatic carbocycles. The Morgan fingerprint density at radius 1 is 0.345 bits per heavy atom. The molecular weight excluding hydrogens is 1180 g/mol. The minimum atomic E-state index is -0.750. The van der Waals surface area contributed by atoms with Gasteiger partial charge in [0.05, 0.1) is 52.9 Å². The summed E-state index contributed by atoms with van der Waals surface area (Å²) >= 11 is 28.8. The number of alkyl halides is 6. The normalized spacial score (nSPS) is 40.5.